The quantitative estimate of drug-likeness (QED) is 0.859. The molecule has 2 N–H and O–H groups in total. The van der Waals surface area contributed by atoms with Crippen molar-refractivity contribution in [3.63, 3.8) is 0 Å². The third-order valence-electron chi connectivity index (χ3n) is 3.20. The van der Waals surface area contributed by atoms with Gasteiger partial charge in [0.25, 0.3) is 0 Å². The minimum absolute atomic E-state index is 0. The van der Waals surface area contributed by atoms with Crippen LogP contribution >= 0.6 is 12.4 Å². The van der Waals surface area contributed by atoms with Crippen molar-refractivity contribution >= 4 is 12.4 Å². The Kier molecular flexibility index (Phi) is 6.55. The third kappa shape index (κ3) is 4.25. The monoisotopic (exact) mass is 295 g/mol. The fourth-order valence-corrected chi connectivity index (χ4v) is 1.98. The van der Waals surface area contributed by atoms with Crippen molar-refractivity contribution < 1.29 is 4.74 Å². The highest BCUT2D eigenvalue weighted by atomic mass is 35.5. The smallest absolute Gasteiger partial charge is 0.119 e. The van der Waals surface area contributed by atoms with E-state index in [4.69, 9.17) is 4.74 Å². The van der Waals surface area contributed by atoms with Crippen LogP contribution in [0, 0.1) is 6.92 Å². The Bertz CT molecular complexity index is 527. The molecular formula is C15H22ClN3O. The van der Waals surface area contributed by atoms with Crippen molar-refractivity contribution in [1.29, 1.82) is 0 Å². The van der Waals surface area contributed by atoms with Crippen LogP contribution in [0.1, 0.15) is 36.7 Å². The van der Waals surface area contributed by atoms with Gasteiger partial charge < -0.3 is 10.1 Å². The largest absolute Gasteiger partial charge is 0.494 e. The summed E-state index contributed by atoms with van der Waals surface area (Å²) in [5.41, 5.74) is 3.54. The molecule has 0 fully saturated rings. The summed E-state index contributed by atoms with van der Waals surface area (Å²) in [4.78, 5) is 0. The van der Waals surface area contributed by atoms with Gasteiger partial charge in [-0.15, -0.1) is 12.4 Å². The molecule has 5 heteroatoms. The first-order chi connectivity index (χ1) is 9.20. The first kappa shape index (κ1) is 16.5. The van der Waals surface area contributed by atoms with E-state index < -0.39 is 0 Å². The molecule has 0 amide bonds. The molecule has 1 aromatic carbocycles. The Morgan fingerprint density at radius 3 is 2.85 bits per heavy atom. The Morgan fingerprint density at radius 1 is 1.40 bits per heavy atom. The van der Waals surface area contributed by atoms with Crippen molar-refractivity contribution in [3.8, 4) is 5.75 Å². The Balaban J connectivity index is 0.00000200. The number of H-pyrrole nitrogens is 1. The number of nitrogens with zero attached hydrogens (tertiary/aromatic N) is 1. The molecule has 0 bridgehead atoms. The van der Waals surface area contributed by atoms with Crippen LogP contribution in [0.25, 0.3) is 0 Å². The van der Waals surface area contributed by atoms with E-state index in [0.29, 0.717) is 6.61 Å². The Hall–Kier alpha value is -1.52. The molecule has 2 aromatic rings. The third-order valence-corrected chi connectivity index (χ3v) is 3.20. The maximum absolute atomic E-state index is 5.52. The van der Waals surface area contributed by atoms with Crippen molar-refractivity contribution in [1.82, 2.24) is 15.5 Å². The van der Waals surface area contributed by atoms with E-state index in [0.717, 1.165) is 18.0 Å². The highest BCUT2D eigenvalue weighted by Crippen LogP contribution is 2.19. The van der Waals surface area contributed by atoms with Gasteiger partial charge in [0, 0.05) is 23.8 Å². The van der Waals surface area contributed by atoms with Crippen molar-refractivity contribution in [2.45, 2.75) is 33.4 Å². The second-order valence-electron chi connectivity index (χ2n) is 4.63. The van der Waals surface area contributed by atoms with Gasteiger partial charge in [-0.05, 0) is 38.5 Å². The fraction of sp³-hybridized carbons (Fsp3) is 0.400. The zero-order chi connectivity index (χ0) is 13.7. The van der Waals surface area contributed by atoms with Crippen LogP contribution in [0.3, 0.4) is 0 Å². The number of nitrogens with one attached hydrogen (secondary N) is 2. The molecular weight excluding hydrogens is 274 g/mol. The standard InChI is InChI=1S/C15H21N3O.ClH/c1-4-19-15-7-5-6-13(8-15)11(2)16-9-14-10-17-18-12(14)3;/h5-8,10-11,16H,4,9H2,1-3H3,(H,17,18);1H. The van der Waals surface area contributed by atoms with Gasteiger partial charge in [0.05, 0.1) is 12.8 Å². The number of aryl methyl sites for hydroxylation is 1. The molecule has 20 heavy (non-hydrogen) atoms. The molecule has 0 aliphatic carbocycles. The van der Waals surface area contributed by atoms with Crippen LogP contribution in [0.5, 0.6) is 5.75 Å². The molecule has 1 heterocycles. The molecule has 0 aliphatic rings. The summed E-state index contributed by atoms with van der Waals surface area (Å²) in [6.45, 7) is 7.68. The predicted octanol–water partition coefficient (Wildman–Crippen LogP) is 3.39. The lowest BCUT2D eigenvalue weighted by molar-refractivity contribution is 0.339. The van der Waals surface area contributed by atoms with E-state index in [2.05, 4.69) is 34.6 Å². The highest BCUT2D eigenvalue weighted by molar-refractivity contribution is 5.85. The van der Waals surface area contributed by atoms with Gasteiger partial charge in [0.2, 0.25) is 0 Å². The van der Waals surface area contributed by atoms with Crippen LogP contribution in [0.4, 0.5) is 0 Å². The lowest BCUT2D eigenvalue weighted by Crippen LogP contribution is -2.18. The van der Waals surface area contributed by atoms with Gasteiger partial charge in [-0.25, -0.2) is 0 Å². The van der Waals surface area contributed by atoms with Gasteiger partial charge in [0.15, 0.2) is 0 Å². The maximum atomic E-state index is 5.52. The molecule has 0 spiro atoms. The Labute approximate surface area is 126 Å². The van der Waals surface area contributed by atoms with Gasteiger partial charge in [-0.2, -0.15) is 5.10 Å². The van der Waals surface area contributed by atoms with E-state index in [9.17, 15) is 0 Å². The zero-order valence-electron chi connectivity index (χ0n) is 12.1. The number of ether oxygens (including phenoxy) is 1. The van der Waals surface area contributed by atoms with E-state index in [1.165, 1.54) is 11.1 Å². The summed E-state index contributed by atoms with van der Waals surface area (Å²) in [6, 6.07) is 8.49. The number of hydrogen-bond donors (Lipinski definition) is 2. The molecule has 0 aliphatic heterocycles. The van der Waals surface area contributed by atoms with Gasteiger partial charge in [-0.1, -0.05) is 12.1 Å². The molecule has 0 saturated heterocycles. The maximum Gasteiger partial charge on any atom is 0.119 e. The first-order valence-electron chi connectivity index (χ1n) is 6.65. The number of aromatic amines is 1. The molecule has 0 radical (unpaired) electrons. The van der Waals surface area contributed by atoms with E-state index in [-0.39, 0.29) is 18.4 Å². The molecule has 1 unspecified atom stereocenters. The summed E-state index contributed by atoms with van der Waals surface area (Å²) >= 11 is 0. The van der Waals surface area contributed by atoms with Gasteiger partial charge >= 0.3 is 0 Å². The summed E-state index contributed by atoms with van der Waals surface area (Å²) < 4.78 is 5.52. The number of benzene rings is 1. The second-order valence-corrected chi connectivity index (χ2v) is 4.63. The zero-order valence-corrected chi connectivity index (χ0v) is 13.0. The molecule has 0 saturated carbocycles. The average molecular weight is 296 g/mol. The first-order valence-corrected chi connectivity index (χ1v) is 6.65. The van der Waals surface area contributed by atoms with Crippen LogP contribution in [-0.4, -0.2) is 16.8 Å². The van der Waals surface area contributed by atoms with E-state index in [1.807, 2.05) is 32.2 Å². The number of halogens is 1. The number of aromatic nitrogens is 2. The van der Waals surface area contributed by atoms with Crippen LogP contribution < -0.4 is 10.1 Å². The topological polar surface area (TPSA) is 49.9 Å². The summed E-state index contributed by atoms with van der Waals surface area (Å²) in [6.07, 6.45) is 1.87. The van der Waals surface area contributed by atoms with Crippen LogP contribution in [-0.2, 0) is 6.54 Å². The second kappa shape index (κ2) is 7.92. The molecule has 110 valence electrons. The van der Waals surface area contributed by atoms with Gasteiger partial charge in [0.1, 0.15) is 5.75 Å². The fourth-order valence-electron chi connectivity index (χ4n) is 1.98. The minimum Gasteiger partial charge on any atom is -0.494 e. The average Bonchev–Trinajstić information content (AvgIpc) is 2.82. The lowest BCUT2D eigenvalue weighted by atomic mass is 10.1. The molecule has 4 nitrogen and oxygen atoms in total. The van der Waals surface area contributed by atoms with Crippen LogP contribution in [0.2, 0.25) is 0 Å². The van der Waals surface area contributed by atoms with Crippen molar-refractivity contribution in [2.75, 3.05) is 6.61 Å². The normalized spacial score (nSPS) is 11.8. The van der Waals surface area contributed by atoms with Crippen molar-refractivity contribution in [3.05, 3.63) is 47.3 Å². The van der Waals surface area contributed by atoms with Crippen LogP contribution in [0.15, 0.2) is 30.5 Å². The van der Waals surface area contributed by atoms with E-state index >= 15 is 0 Å². The summed E-state index contributed by atoms with van der Waals surface area (Å²) in [7, 11) is 0. The minimum atomic E-state index is 0. The molecule has 2 rings (SSSR count). The number of rotatable bonds is 6. The SMILES string of the molecule is CCOc1cccc(C(C)NCc2cn[nH]c2C)c1.Cl. The Morgan fingerprint density at radius 2 is 2.20 bits per heavy atom. The number of hydrogen-bond acceptors (Lipinski definition) is 3. The summed E-state index contributed by atoms with van der Waals surface area (Å²) in [5, 5.41) is 10.5. The highest BCUT2D eigenvalue weighted by Gasteiger charge is 2.07. The summed E-state index contributed by atoms with van der Waals surface area (Å²) in [5.74, 6) is 0.924. The van der Waals surface area contributed by atoms with Gasteiger partial charge in [-0.3, -0.25) is 5.10 Å². The van der Waals surface area contributed by atoms with Crippen molar-refractivity contribution in [2.24, 2.45) is 0 Å². The lowest BCUT2D eigenvalue weighted by Gasteiger charge is -2.15. The van der Waals surface area contributed by atoms with E-state index in [1.54, 1.807) is 0 Å². The molecule has 1 atom stereocenters. The molecule has 1 aromatic heterocycles. The predicted molar refractivity (Wildman–Crippen MR) is 83.4 cm³/mol.